The Morgan fingerprint density at radius 1 is 1.19 bits per heavy atom. The van der Waals surface area contributed by atoms with Crippen LogP contribution in [0.3, 0.4) is 0 Å². The van der Waals surface area contributed by atoms with Gasteiger partial charge in [0.15, 0.2) is 11.5 Å². The number of hydrogen-bond acceptors (Lipinski definition) is 5. The van der Waals surface area contributed by atoms with E-state index in [1.807, 2.05) is 17.0 Å². The van der Waals surface area contributed by atoms with Gasteiger partial charge in [-0.05, 0) is 72.9 Å². The van der Waals surface area contributed by atoms with E-state index in [1.54, 1.807) is 25.6 Å². The molecule has 0 aliphatic carbocycles. The van der Waals surface area contributed by atoms with Crippen molar-refractivity contribution in [2.45, 2.75) is 19.3 Å². The van der Waals surface area contributed by atoms with Crippen LogP contribution in [0.15, 0.2) is 29.0 Å². The highest BCUT2D eigenvalue weighted by molar-refractivity contribution is 7.07. The number of hydrogen-bond donors (Lipinski definition) is 0. The summed E-state index contributed by atoms with van der Waals surface area (Å²) < 4.78 is 10.7. The van der Waals surface area contributed by atoms with Gasteiger partial charge < -0.3 is 19.3 Å². The Morgan fingerprint density at radius 2 is 1.96 bits per heavy atom. The van der Waals surface area contributed by atoms with Crippen molar-refractivity contribution in [2.75, 3.05) is 47.4 Å². The van der Waals surface area contributed by atoms with Gasteiger partial charge in [0.2, 0.25) is 0 Å². The van der Waals surface area contributed by atoms with Crippen molar-refractivity contribution >= 4 is 17.2 Å². The second kappa shape index (κ2) is 9.24. The molecule has 0 spiro atoms. The molecule has 0 saturated heterocycles. The number of carbonyl (C=O) groups is 1. The molecule has 6 heteroatoms. The molecule has 3 rings (SSSR count). The van der Waals surface area contributed by atoms with Crippen LogP contribution in [0.5, 0.6) is 11.5 Å². The van der Waals surface area contributed by atoms with E-state index >= 15 is 0 Å². The first-order chi connectivity index (χ1) is 13.1. The second-order valence-electron chi connectivity index (χ2n) is 6.94. The first kappa shape index (κ1) is 19.7. The molecule has 5 nitrogen and oxygen atoms in total. The lowest BCUT2D eigenvalue weighted by atomic mass is 9.98. The topological polar surface area (TPSA) is 42.0 Å². The van der Waals surface area contributed by atoms with Crippen LogP contribution >= 0.6 is 11.3 Å². The summed E-state index contributed by atoms with van der Waals surface area (Å²) in [5, 5.41) is 4.33. The average molecular weight is 389 g/mol. The van der Waals surface area contributed by atoms with Gasteiger partial charge >= 0.3 is 0 Å². The molecule has 146 valence electrons. The third kappa shape index (κ3) is 4.82. The van der Waals surface area contributed by atoms with E-state index in [0.29, 0.717) is 11.5 Å². The van der Waals surface area contributed by atoms with Crippen molar-refractivity contribution in [3.8, 4) is 11.5 Å². The van der Waals surface area contributed by atoms with Crippen molar-refractivity contribution in [3.05, 3.63) is 45.6 Å². The molecule has 0 atom stereocenters. The predicted molar refractivity (Wildman–Crippen MR) is 109 cm³/mol. The van der Waals surface area contributed by atoms with E-state index in [4.69, 9.17) is 9.47 Å². The van der Waals surface area contributed by atoms with Crippen LogP contribution in [-0.2, 0) is 12.8 Å². The second-order valence-corrected chi connectivity index (χ2v) is 7.73. The summed E-state index contributed by atoms with van der Waals surface area (Å²) in [4.78, 5) is 17.2. The van der Waals surface area contributed by atoms with Crippen LogP contribution in [-0.4, -0.2) is 63.2 Å². The highest BCUT2D eigenvalue weighted by Gasteiger charge is 2.26. The highest BCUT2D eigenvalue weighted by Crippen LogP contribution is 2.33. The van der Waals surface area contributed by atoms with Crippen LogP contribution in [0.25, 0.3) is 0 Å². The Labute approximate surface area is 165 Å². The fourth-order valence-corrected chi connectivity index (χ4v) is 4.17. The summed E-state index contributed by atoms with van der Waals surface area (Å²) in [7, 11) is 5.37. The minimum absolute atomic E-state index is 0.0955. The van der Waals surface area contributed by atoms with Gasteiger partial charge in [-0.1, -0.05) is 0 Å². The Balaban J connectivity index is 1.51. The Kier molecular flexibility index (Phi) is 6.74. The maximum Gasteiger partial charge on any atom is 0.254 e. The minimum atomic E-state index is 0.0955. The SMILES string of the molecule is COc1cc2c(cc1OC)C(=O)N(CCCN(C)CCc1ccsc1)CC2. The van der Waals surface area contributed by atoms with Gasteiger partial charge in [-0.25, -0.2) is 0 Å². The lowest BCUT2D eigenvalue weighted by molar-refractivity contribution is 0.0732. The molecule has 1 aromatic heterocycles. The molecule has 0 saturated carbocycles. The first-order valence-corrected chi connectivity index (χ1v) is 10.3. The maximum absolute atomic E-state index is 12.9. The predicted octanol–water partition coefficient (Wildman–Crippen LogP) is 3.33. The summed E-state index contributed by atoms with van der Waals surface area (Å²) in [5.41, 5.74) is 3.19. The molecular formula is C21H28N2O3S. The summed E-state index contributed by atoms with van der Waals surface area (Å²) in [6, 6.07) is 5.93. The lowest BCUT2D eigenvalue weighted by Crippen LogP contribution is -2.39. The molecule has 2 aromatic rings. The smallest absolute Gasteiger partial charge is 0.254 e. The molecule has 0 radical (unpaired) electrons. The fraction of sp³-hybridized carbons (Fsp3) is 0.476. The summed E-state index contributed by atoms with van der Waals surface area (Å²) in [6.45, 7) is 3.59. The number of carbonyl (C=O) groups excluding carboxylic acids is 1. The van der Waals surface area contributed by atoms with E-state index in [0.717, 1.165) is 56.6 Å². The summed E-state index contributed by atoms with van der Waals surface area (Å²) in [5.74, 6) is 1.39. The zero-order valence-electron chi connectivity index (χ0n) is 16.4. The Hall–Kier alpha value is -2.05. The molecule has 0 unspecified atom stereocenters. The van der Waals surface area contributed by atoms with Gasteiger partial charge in [0, 0.05) is 25.2 Å². The Bertz CT molecular complexity index is 761. The number of fused-ring (bicyclic) bond motifs is 1. The van der Waals surface area contributed by atoms with Crippen LogP contribution in [0.2, 0.25) is 0 Å². The molecule has 0 N–H and O–H groups in total. The van der Waals surface area contributed by atoms with Crippen molar-refractivity contribution in [2.24, 2.45) is 0 Å². The number of ether oxygens (including phenoxy) is 2. The zero-order chi connectivity index (χ0) is 19.2. The van der Waals surface area contributed by atoms with E-state index in [9.17, 15) is 4.79 Å². The average Bonchev–Trinajstić information content (AvgIpc) is 3.21. The standard InChI is InChI=1S/C21H28N2O3S/c1-22(10-5-16-7-12-27-15-16)8-4-9-23-11-6-17-13-19(25-2)20(26-3)14-18(17)21(23)24/h7,12-15H,4-6,8-11H2,1-3H3. The number of nitrogens with zero attached hydrogens (tertiary/aromatic N) is 2. The number of thiophene rings is 1. The molecule has 27 heavy (non-hydrogen) atoms. The number of amides is 1. The van der Waals surface area contributed by atoms with E-state index < -0.39 is 0 Å². The van der Waals surface area contributed by atoms with Crippen LogP contribution < -0.4 is 9.47 Å². The fourth-order valence-electron chi connectivity index (χ4n) is 3.47. The number of benzene rings is 1. The molecule has 1 amide bonds. The summed E-state index contributed by atoms with van der Waals surface area (Å²) in [6.07, 6.45) is 2.92. The third-order valence-corrected chi connectivity index (χ3v) is 5.84. The van der Waals surface area contributed by atoms with Gasteiger partial charge in [0.05, 0.1) is 14.2 Å². The van der Waals surface area contributed by atoms with Gasteiger partial charge in [-0.15, -0.1) is 0 Å². The molecular weight excluding hydrogens is 360 g/mol. The van der Waals surface area contributed by atoms with E-state index in [2.05, 4.69) is 28.8 Å². The molecule has 0 fully saturated rings. The monoisotopic (exact) mass is 388 g/mol. The van der Waals surface area contributed by atoms with Crippen molar-refractivity contribution in [1.29, 1.82) is 0 Å². The summed E-state index contributed by atoms with van der Waals surface area (Å²) >= 11 is 1.75. The lowest BCUT2D eigenvalue weighted by Gasteiger charge is -2.30. The van der Waals surface area contributed by atoms with Gasteiger partial charge in [-0.2, -0.15) is 11.3 Å². The molecule has 0 bridgehead atoms. The minimum Gasteiger partial charge on any atom is -0.493 e. The van der Waals surface area contributed by atoms with Crippen LogP contribution in [0.1, 0.15) is 27.9 Å². The normalized spacial score (nSPS) is 13.8. The van der Waals surface area contributed by atoms with Crippen molar-refractivity contribution in [3.63, 3.8) is 0 Å². The molecule has 1 aliphatic heterocycles. The van der Waals surface area contributed by atoms with E-state index in [1.165, 1.54) is 5.56 Å². The maximum atomic E-state index is 12.9. The molecule has 2 heterocycles. The molecule has 1 aliphatic rings. The van der Waals surface area contributed by atoms with Crippen molar-refractivity contribution in [1.82, 2.24) is 9.80 Å². The number of likely N-dealkylation sites (N-methyl/N-ethyl adjacent to an activating group) is 1. The van der Waals surface area contributed by atoms with Crippen LogP contribution in [0.4, 0.5) is 0 Å². The van der Waals surface area contributed by atoms with Gasteiger partial charge in [0.1, 0.15) is 0 Å². The van der Waals surface area contributed by atoms with Crippen LogP contribution in [0, 0.1) is 0 Å². The quantitative estimate of drug-likeness (QED) is 0.661. The third-order valence-electron chi connectivity index (χ3n) is 5.11. The zero-order valence-corrected chi connectivity index (χ0v) is 17.2. The number of rotatable bonds is 9. The van der Waals surface area contributed by atoms with Gasteiger partial charge in [-0.3, -0.25) is 4.79 Å². The van der Waals surface area contributed by atoms with E-state index in [-0.39, 0.29) is 5.91 Å². The van der Waals surface area contributed by atoms with Crippen molar-refractivity contribution < 1.29 is 14.3 Å². The first-order valence-electron chi connectivity index (χ1n) is 9.36. The largest absolute Gasteiger partial charge is 0.493 e. The number of methoxy groups -OCH3 is 2. The van der Waals surface area contributed by atoms with Gasteiger partial charge in [0.25, 0.3) is 5.91 Å². The Morgan fingerprint density at radius 3 is 2.67 bits per heavy atom. The molecule has 1 aromatic carbocycles. The highest BCUT2D eigenvalue weighted by atomic mass is 32.1.